The van der Waals surface area contributed by atoms with Crippen LogP contribution < -0.4 is 15.7 Å². The number of benzene rings is 2. The zero-order valence-corrected chi connectivity index (χ0v) is 14.8. The van der Waals surface area contributed by atoms with Crippen molar-refractivity contribution in [3.05, 3.63) is 40.2 Å². The summed E-state index contributed by atoms with van der Waals surface area (Å²) in [5.41, 5.74) is -6.60. The van der Waals surface area contributed by atoms with Gasteiger partial charge in [0.05, 0.1) is 17.5 Å². The lowest BCUT2D eigenvalue weighted by atomic mass is 9.74. The lowest BCUT2D eigenvalue weighted by molar-refractivity contribution is -0.217. The Morgan fingerprint density at radius 2 is 1.80 bits per heavy atom. The summed E-state index contributed by atoms with van der Waals surface area (Å²) >= 11 is 0. The minimum Gasteiger partial charge on any atom is -0.502 e. The van der Waals surface area contributed by atoms with Gasteiger partial charge in [-0.05, 0) is 35.0 Å². The van der Waals surface area contributed by atoms with Crippen LogP contribution in [0.2, 0.25) is 0 Å². The molecule has 4 rings (SSSR count). The molecule has 0 heterocycles. The Balaban J connectivity index is 1.95. The molecule has 0 bridgehead atoms. The number of phenolic OH excluding ortho intramolecular Hbond substituents is 1. The molecule has 0 amide bonds. The zero-order valence-electron chi connectivity index (χ0n) is 14.8. The highest BCUT2D eigenvalue weighted by Crippen LogP contribution is 2.66. The van der Waals surface area contributed by atoms with Crippen LogP contribution in [0.15, 0.2) is 12.1 Å². The van der Waals surface area contributed by atoms with E-state index < -0.39 is 85.9 Å². The van der Waals surface area contributed by atoms with E-state index in [1.54, 1.807) is 0 Å². The Labute approximate surface area is 170 Å². The van der Waals surface area contributed by atoms with E-state index in [2.05, 4.69) is 0 Å². The number of phenols is 1. The molecule has 0 aliphatic heterocycles. The molecule has 2 atom stereocenters. The molecule has 0 spiro atoms. The first-order valence-electron chi connectivity index (χ1n) is 8.39. The lowest BCUT2D eigenvalue weighted by Crippen LogP contribution is -2.38. The molecule has 2 unspecified atom stereocenters. The van der Waals surface area contributed by atoms with Crippen molar-refractivity contribution in [3.8, 4) is 23.3 Å². The van der Waals surface area contributed by atoms with E-state index in [1.165, 1.54) is 6.07 Å². The van der Waals surface area contributed by atoms with Crippen molar-refractivity contribution < 1.29 is 36.9 Å². The van der Waals surface area contributed by atoms with Crippen molar-refractivity contribution in [2.45, 2.75) is 29.7 Å². The summed E-state index contributed by atoms with van der Waals surface area (Å²) in [5.74, 6) is -15.1. The molecule has 146 valence electrons. The van der Waals surface area contributed by atoms with Gasteiger partial charge in [0.2, 0.25) is 0 Å². The molecule has 2 N–H and O–H groups in total. The molecule has 0 fully saturated rings. The van der Waals surface area contributed by atoms with Gasteiger partial charge in [-0.3, -0.25) is 0 Å². The van der Waals surface area contributed by atoms with Crippen LogP contribution in [0, 0.1) is 17.1 Å². The first-order valence-corrected chi connectivity index (χ1v) is 8.39. The van der Waals surface area contributed by atoms with Crippen LogP contribution in [0.1, 0.15) is 34.6 Å². The van der Waals surface area contributed by atoms with Crippen molar-refractivity contribution in [3.63, 3.8) is 0 Å². The molecule has 4 nitrogen and oxygen atoms in total. The van der Waals surface area contributed by atoms with E-state index in [1.807, 2.05) is 0 Å². The van der Waals surface area contributed by atoms with Gasteiger partial charge in [-0.25, -0.2) is 4.39 Å². The average molecular weight is 413 g/mol. The minimum absolute atomic E-state index is 0.523. The number of ether oxygens (including phenoxy) is 1. The number of nitriles is 1. The molecule has 2 aliphatic carbocycles. The Morgan fingerprint density at radius 3 is 2.40 bits per heavy atom. The third-order valence-electron chi connectivity index (χ3n) is 5.47. The van der Waals surface area contributed by atoms with Gasteiger partial charge < -0.3 is 14.9 Å². The number of nitrogens with zero attached hydrogens (tertiary/aromatic N) is 1. The van der Waals surface area contributed by atoms with Gasteiger partial charge in [-0.2, -0.15) is 22.8 Å². The maximum Gasteiger partial charge on any atom is 0.336 e. The molecule has 0 aromatic heterocycles. The molecule has 0 saturated carbocycles. The Kier molecular flexibility index (Phi) is 4.08. The molecule has 0 saturated heterocycles. The number of hydrogen-bond acceptors (Lipinski definition) is 4. The number of rotatable bonds is 2. The second-order valence-electron chi connectivity index (χ2n) is 7.19. The molecule has 2 aromatic rings. The van der Waals surface area contributed by atoms with E-state index in [4.69, 9.17) is 33.5 Å². The number of aliphatic hydroxyl groups is 1. The van der Waals surface area contributed by atoms with Crippen LogP contribution in [0.3, 0.4) is 0 Å². The maximum atomic E-state index is 14.3. The summed E-state index contributed by atoms with van der Waals surface area (Å²) in [4.78, 5) is 0. The van der Waals surface area contributed by atoms with Crippen molar-refractivity contribution in [1.29, 1.82) is 5.26 Å². The van der Waals surface area contributed by atoms with Gasteiger partial charge in [0, 0.05) is 16.7 Å². The second kappa shape index (κ2) is 5.94. The largest absolute Gasteiger partial charge is 0.502 e. The van der Waals surface area contributed by atoms with Gasteiger partial charge in [0.1, 0.15) is 29.3 Å². The molecular formula is C18H7B3F5NO3. The number of alkyl halides is 4. The summed E-state index contributed by atoms with van der Waals surface area (Å²) < 4.78 is 76.6. The van der Waals surface area contributed by atoms with Crippen molar-refractivity contribution in [1.82, 2.24) is 0 Å². The fourth-order valence-electron chi connectivity index (χ4n) is 4.05. The molecule has 30 heavy (non-hydrogen) atoms. The van der Waals surface area contributed by atoms with Crippen LogP contribution in [-0.2, 0) is 11.4 Å². The lowest BCUT2D eigenvalue weighted by Gasteiger charge is -2.28. The average Bonchev–Trinajstić information content (AvgIpc) is 3.03. The predicted molar refractivity (Wildman–Crippen MR) is 95.9 cm³/mol. The van der Waals surface area contributed by atoms with Crippen LogP contribution in [-0.4, -0.2) is 39.7 Å². The minimum atomic E-state index is -4.52. The highest BCUT2D eigenvalue weighted by molar-refractivity contribution is 6.42. The summed E-state index contributed by atoms with van der Waals surface area (Å²) in [7, 11) is 16.8. The summed E-state index contributed by atoms with van der Waals surface area (Å²) in [6.45, 7) is 0. The summed E-state index contributed by atoms with van der Waals surface area (Å²) in [6.07, 6.45) is -0.931. The van der Waals surface area contributed by atoms with Crippen LogP contribution in [0.25, 0.3) is 0 Å². The topological polar surface area (TPSA) is 73.5 Å². The quantitative estimate of drug-likeness (QED) is 0.576. The molecule has 2 aromatic carbocycles. The Hall–Kier alpha value is -2.67. The molecule has 12 heteroatoms. The van der Waals surface area contributed by atoms with E-state index >= 15 is 0 Å². The maximum absolute atomic E-state index is 14.3. The first-order chi connectivity index (χ1) is 13.8. The van der Waals surface area contributed by atoms with Gasteiger partial charge in [0.15, 0.2) is 17.3 Å². The third-order valence-corrected chi connectivity index (χ3v) is 5.47. The predicted octanol–water partition coefficient (Wildman–Crippen LogP) is 1.32. The molecule has 6 radical (unpaired) electrons. The van der Waals surface area contributed by atoms with E-state index in [-0.39, 0.29) is 0 Å². The number of hydrogen-bond donors (Lipinski definition) is 2. The van der Waals surface area contributed by atoms with Gasteiger partial charge in [0.25, 0.3) is 0 Å². The van der Waals surface area contributed by atoms with E-state index in [9.17, 15) is 32.2 Å². The monoisotopic (exact) mass is 413 g/mol. The number of halogens is 5. The SMILES string of the molecule is [B]c1c(F)c(O)c(Oc2ccc3c4c2C([B])(O)CC4C(F)(F)C3(F)F)c([B])c1C#N. The smallest absolute Gasteiger partial charge is 0.336 e. The van der Waals surface area contributed by atoms with Gasteiger partial charge in [-0.15, -0.1) is 0 Å². The van der Waals surface area contributed by atoms with Gasteiger partial charge in [-0.1, -0.05) is 0 Å². The van der Waals surface area contributed by atoms with Crippen LogP contribution in [0.5, 0.6) is 17.2 Å². The third kappa shape index (κ3) is 2.32. The van der Waals surface area contributed by atoms with Gasteiger partial charge >= 0.3 is 11.8 Å². The Morgan fingerprint density at radius 1 is 1.17 bits per heavy atom. The zero-order chi connectivity index (χ0) is 22.4. The van der Waals surface area contributed by atoms with E-state index in [0.29, 0.717) is 6.07 Å². The first kappa shape index (κ1) is 20.6. The van der Waals surface area contributed by atoms with E-state index in [0.717, 1.165) is 6.07 Å². The van der Waals surface area contributed by atoms with Crippen molar-refractivity contribution >= 4 is 34.5 Å². The Bertz CT molecular complexity index is 1160. The van der Waals surface area contributed by atoms with Crippen molar-refractivity contribution in [2.24, 2.45) is 0 Å². The summed E-state index contributed by atoms with van der Waals surface area (Å²) in [6, 6.07) is 2.99. The summed E-state index contributed by atoms with van der Waals surface area (Å²) in [5, 5.41) is 29.6. The molecule has 2 aliphatic rings. The number of aromatic hydroxyl groups is 1. The molecular weight excluding hydrogens is 406 g/mol. The fraction of sp³-hybridized carbons (Fsp3) is 0.278. The van der Waals surface area contributed by atoms with Crippen LogP contribution in [0.4, 0.5) is 22.0 Å². The van der Waals surface area contributed by atoms with Crippen molar-refractivity contribution in [2.75, 3.05) is 0 Å². The highest BCUT2D eigenvalue weighted by atomic mass is 19.3. The highest BCUT2D eigenvalue weighted by Gasteiger charge is 2.72. The van der Waals surface area contributed by atoms with Crippen LogP contribution >= 0.6 is 0 Å². The standard InChI is InChI=1S/C18H7B3F5NO3/c19-11-5(4-27)12(20)15(14(28)13(11)22)30-8-2-1-6-9-7(3-16(21,29)10(8)9)18(25,26)17(6,23)24/h1-2,7,28-29H,3H2. The second-order valence-corrected chi connectivity index (χ2v) is 7.19. The fourth-order valence-corrected chi connectivity index (χ4v) is 4.05. The normalized spacial score (nSPS) is 25.0.